The third kappa shape index (κ3) is 3.57. The third-order valence-corrected chi connectivity index (χ3v) is 3.89. The molecule has 1 fully saturated rings. The largest absolute Gasteiger partial charge is 0.481 e. The molecule has 1 aromatic rings. The van der Waals surface area contributed by atoms with Gasteiger partial charge in [-0.3, -0.25) is 4.79 Å². The van der Waals surface area contributed by atoms with Crippen molar-refractivity contribution in [2.45, 2.75) is 39.2 Å². The van der Waals surface area contributed by atoms with Crippen molar-refractivity contribution in [3.05, 3.63) is 35.4 Å². The summed E-state index contributed by atoms with van der Waals surface area (Å²) in [5.41, 5.74) is 2.17. The van der Waals surface area contributed by atoms with Crippen molar-refractivity contribution in [1.29, 1.82) is 0 Å². The fourth-order valence-corrected chi connectivity index (χ4v) is 2.57. The molecule has 0 aromatic heterocycles. The average Bonchev–Trinajstić information content (AvgIpc) is 3.13. The van der Waals surface area contributed by atoms with Crippen LogP contribution in [-0.4, -0.2) is 29.6 Å². The van der Waals surface area contributed by atoms with E-state index in [2.05, 4.69) is 36.1 Å². The van der Waals surface area contributed by atoms with Crippen molar-refractivity contribution in [3.8, 4) is 0 Å². The molecule has 1 aromatic carbocycles. The average molecular weight is 261 g/mol. The number of rotatable bonds is 7. The maximum absolute atomic E-state index is 11.2. The zero-order valence-electron chi connectivity index (χ0n) is 11.9. The fraction of sp³-hybridized carbons (Fsp3) is 0.562. The molecule has 3 nitrogen and oxygen atoms in total. The van der Waals surface area contributed by atoms with Gasteiger partial charge in [-0.2, -0.15) is 0 Å². The second-order valence-electron chi connectivity index (χ2n) is 5.82. The predicted molar refractivity (Wildman–Crippen MR) is 76.1 cm³/mol. The van der Waals surface area contributed by atoms with Gasteiger partial charge in [-0.25, -0.2) is 0 Å². The Morgan fingerprint density at radius 2 is 1.84 bits per heavy atom. The van der Waals surface area contributed by atoms with E-state index in [1.165, 1.54) is 17.5 Å². The predicted octanol–water partition coefficient (Wildman–Crippen LogP) is 2.94. The summed E-state index contributed by atoms with van der Waals surface area (Å²) in [5.74, 6) is -0.641. The minimum Gasteiger partial charge on any atom is -0.481 e. The van der Waals surface area contributed by atoms with Gasteiger partial charge in [-0.05, 0) is 37.4 Å². The van der Waals surface area contributed by atoms with E-state index in [0.29, 0.717) is 6.54 Å². The van der Waals surface area contributed by atoms with Crippen molar-refractivity contribution in [3.63, 3.8) is 0 Å². The van der Waals surface area contributed by atoms with Gasteiger partial charge in [-0.1, -0.05) is 37.6 Å². The van der Waals surface area contributed by atoms with Crippen LogP contribution in [0.1, 0.15) is 37.3 Å². The molecular formula is C16H23NO2. The van der Waals surface area contributed by atoms with Crippen LogP contribution in [-0.2, 0) is 17.8 Å². The first-order chi connectivity index (χ1) is 9.05. The number of nitrogens with zero attached hydrogens (tertiary/aromatic N) is 1. The highest BCUT2D eigenvalue weighted by atomic mass is 16.4. The molecule has 0 heterocycles. The number of carboxylic acids is 1. The molecule has 3 heteroatoms. The molecule has 0 saturated heterocycles. The Morgan fingerprint density at radius 1 is 1.26 bits per heavy atom. The summed E-state index contributed by atoms with van der Waals surface area (Å²) < 4.78 is 0. The molecule has 2 rings (SSSR count). The molecule has 0 aliphatic heterocycles. The van der Waals surface area contributed by atoms with Gasteiger partial charge >= 0.3 is 5.97 Å². The quantitative estimate of drug-likeness (QED) is 0.820. The Labute approximate surface area is 115 Å². The van der Waals surface area contributed by atoms with E-state index in [-0.39, 0.29) is 0 Å². The molecule has 1 aliphatic rings. The van der Waals surface area contributed by atoms with Crippen molar-refractivity contribution >= 4 is 5.97 Å². The molecule has 1 N–H and O–H groups in total. The van der Waals surface area contributed by atoms with E-state index < -0.39 is 11.4 Å². The zero-order valence-corrected chi connectivity index (χ0v) is 11.9. The van der Waals surface area contributed by atoms with Crippen molar-refractivity contribution in [2.24, 2.45) is 5.41 Å². The van der Waals surface area contributed by atoms with E-state index in [1.807, 2.05) is 7.05 Å². The van der Waals surface area contributed by atoms with Crippen molar-refractivity contribution in [2.75, 3.05) is 13.6 Å². The first-order valence-corrected chi connectivity index (χ1v) is 7.05. The van der Waals surface area contributed by atoms with E-state index in [1.54, 1.807) is 0 Å². The van der Waals surface area contributed by atoms with Gasteiger partial charge in [0.1, 0.15) is 0 Å². The second kappa shape index (κ2) is 5.74. The lowest BCUT2D eigenvalue weighted by Gasteiger charge is -2.21. The van der Waals surface area contributed by atoms with Crippen LogP contribution >= 0.6 is 0 Å². The maximum Gasteiger partial charge on any atom is 0.310 e. The zero-order chi connectivity index (χ0) is 13.9. The van der Waals surface area contributed by atoms with Crippen LogP contribution in [0.4, 0.5) is 0 Å². The lowest BCUT2D eigenvalue weighted by Crippen LogP contribution is -2.31. The molecule has 0 unspecified atom stereocenters. The molecule has 1 saturated carbocycles. The Kier molecular flexibility index (Phi) is 4.25. The van der Waals surface area contributed by atoms with E-state index in [0.717, 1.165) is 25.8 Å². The summed E-state index contributed by atoms with van der Waals surface area (Å²) in [6.45, 7) is 3.66. The van der Waals surface area contributed by atoms with Crippen LogP contribution in [0.5, 0.6) is 0 Å². The molecule has 0 bridgehead atoms. The SMILES string of the molecule is CCCc1ccc(CN(C)CC2(C(=O)O)CC2)cc1. The smallest absolute Gasteiger partial charge is 0.310 e. The Bertz CT molecular complexity index is 435. The molecule has 0 atom stereocenters. The number of hydrogen-bond acceptors (Lipinski definition) is 2. The molecule has 19 heavy (non-hydrogen) atoms. The minimum atomic E-state index is -0.641. The normalized spacial score (nSPS) is 16.6. The van der Waals surface area contributed by atoms with Crippen LogP contribution in [0.2, 0.25) is 0 Å². The summed E-state index contributed by atoms with van der Waals surface area (Å²) in [5, 5.41) is 9.19. The van der Waals surface area contributed by atoms with Gasteiger partial charge < -0.3 is 10.0 Å². The number of benzene rings is 1. The van der Waals surface area contributed by atoms with Crippen LogP contribution in [0.25, 0.3) is 0 Å². The third-order valence-electron chi connectivity index (χ3n) is 3.89. The number of aliphatic carboxylic acids is 1. The van der Waals surface area contributed by atoms with E-state index in [9.17, 15) is 9.90 Å². The van der Waals surface area contributed by atoms with Crippen LogP contribution < -0.4 is 0 Å². The number of carbonyl (C=O) groups is 1. The summed E-state index contributed by atoms with van der Waals surface area (Å²) in [6.07, 6.45) is 3.93. The molecule has 0 spiro atoms. The highest BCUT2D eigenvalue weighted by Gasteiger charge is 2.50. The van der Waals surface area contributed by atoms with Gasteiger partial charge in [0, 0.05) is 13.1 Å². The topological polar surface area (TPSA) is 40.5 Å². The van der Waals surface area contributed by atoms with Gasteiger partial charge in [0.05, 0.1) is 5.41 Å². The maximum atomic E-state index is 11.2. The lowest BCUT2D eigenvalue weighted by atomic mass is 10.1. The second-order valence-corrected chi connectivity index (χ2v) is 5.82. The Morgan fingerprint density at radius 3 is 2.32 bits per heavy atom. The Balaban J connectivity index is 1.88. The first-order valence-electron chi connectivity index (χ1n) is 7.05. The molecule has 0 radical (unpaired) electrons. The van der Waals surface area contributed by atoms with Crippen LogP contribution in [0, 0.1) is 5.41 Å². The van der Waals surface area contributed by atoms with Crippen molar-refractivity contribution < 1.29 is 9.90 Å². The van der Waals surface area contributed by atoms with Gasteiger partial charge in [0.15, 0.2) is 0 Å². The summed E-state index contributed by atoms with van der Waals surface area (Å²) in [6, 6.07) is 8.66. The summed E-state index contributed by atoms with van der Waals surface area (Å²) in [4.78, 5) is 13.3. The van der Waals surface area contributed by atoms with Crippen molar-refractivity contribution in [1.82, 2.24) is 4.90 Å². The van der Waals surface area contributed by atoms with E-state index >= 15 is 0 Å². The minimum absolute atomic E-state index is 0.461. The van der Waals surface area contributed by atoms with Crippen LogP contribution in [0.3, 0.4) is 0 Å². The summed E-state index contributed by atoms with van der Waals surface area (Å²) >= 11 is 0. The highest BCUT2D eigenvalue weighted by molar-refractivity contribution is 5.78. The number of aryl methyl sites for hydroxylation is 1. The molecule has 1 aliphatic carbocycles. The molecule has 104 valence electrons. The lowest BCUT2D eigenvalue weighted by molar-refractivity contribution is -0.144. The highest BCUT2D eigenvalue weighted by Crippen LogP contribution is 2.46. The van der Waals surface area contributed by atoms with E-state index in [4.69, 9.17) is 0 Å². The van der Waals surface area contributed by atoms with Gasteiger partial charge in [0.25, 0.3) is 0 Å². The standard InChI is InChI=1S/C16H23NO2/c1-3-4-13-5-7-14(8-6-13)11-17(2)12-16(9-10-16)15(18)19/h5-8H,3-4,9-12H2,1-2H3,(H,18,19). The first kappa shape index (κ1) is 14.1. The molecular weight excluding hydrogens is 238 g/mol. The monoisotopic (exact) mass is 261 g/mol. The molecule has 0 amide bonds. The van der Waals surface area contributed by atoms with Gasteiger partial charge in [0.2, 0.25) is 0 Å². The Hall–Kier alpha value is -1.35. The number of hydrogen-bond donors (Lipinski definition) is 1. The summed E-state index contributed by atoms with van der Waals surface area (Å²) in [7, 11) is 2.00. The number of carboxylic acid groups (broad SMARTS) is 1. The van der Waals surface area contributed by atoms with Gasteiger partial charge in [-0.15, -0.1) is 0 Å². The fourth-order valence-electron chi connectivity index (χ4n) is 2.57. The van der Waals surface area contributed by atoms with Crippen LogP contribution in [0.15, 0.2) is 24.3 Å².